The Balaban J connectivity index is 0.00000272. The molecule has 0 aliphatic heterocycles. The molecule has 4 nitrogen and oxygen atoms in total. The number of unbranched alkanes of at least 4 members (excludes halogenated alkanes) is 4. The summed E-state index contributed by atoms with van der Waals surface area (Å²) in [5, 5.41) is 5.31. The van der Waals surface area contributed by atoms with Crippen LogP contribution in [-0.2, 0) is 16.1 Å². The summed E-state index contributed by atoms with van der Waals surface area (Å²) in [6.45, 7) is 5.49. The first-order chi connectivity index (χ1) is 14.6. The van der Waals surface area contributed by atoms with E-state index in [0.717, 1.165) is 25.8 Å². The minimum atomic E-state index is -0.100. The number of ether oxygens (including phenoxy) is 1. The van der Waals surface area contributed by atoms with Crippen molar-refractivity contribution < 1.29 is 31.1 Å². The number of esters is 1. The number of nitrogens with zero attached hydrogens (tertiary/aromatic N) is 1. The number of H-pyrrole nitrogens is 1. The lowest BCUT2D eigenvalue weighted by Gasteiger charge is -2.08. The van der Waals surface area contributed by atoms with Gasteiger partial charge in [-0.05, 0) is 49.3 Å². The van der Waals surface area contributed by atoms with Gasteiger partial charge in [0.25, 0.3) is 0 Å². The molecule has 1 N–H and O–H groups in total. The molecule has 0 radical (unpaired) electrons. The van der Waals surface area contributed by atoms with Gasteiger partial charge in [-0.2, -0.15) is 0 Å². The predicted molar refractivity (Wildman–Crippen MR) is 123 cm³/mol. The molecule has 0 aliphatic rings. The van der Waals surface area contributed by atoms with Crippen LogP contribution in [0, 0.1) is 13.8 Å². The zero-order valence-electron chi connectivity index (χ0n) is 18.6. The van der Waals surface area contributed by atoms with Gasteiger partial charge in [-0.15, -0.1) is 0 Å². The number of halogens is 1. The molecule has 0 spiro atoms. The Morgan fingerprint density at radius 2 is 1.68 bits per heavy atom. The molecule has 31 heavy (non-hydrogen) atoms. The Hall–Kier alpha value is -2.40. The summed E-state index contributed by atoms with van der Waals surface area (Å²) in [5.41, 5.74) is 5.12. The number of pyridine rings is 1. The molecular weight excluding hydrogens is 452 g/mol. The lowest BCUT2D eigenvalue weighted by molar-refractivity contribution is -0.696. The van der Waals surface area contributed by atoms with Gasteiger partial charge in [0.15, 0.2) is 12.4 Å². The second-order valence-electron chi connectivity index (χ2n) is 8.27. The van der Waals surface area contributed by atoms with Crippen LogP contribution in [0.15, 0.2) is 42.7 Å². The van der Waals surface area contributed by atoms with Crippen molar-refractivity contribution in [1.82, 2.24) is 4.98 Å². The van der Waals surface area contributed by atoms with Crippen LogP contribution in [0.3, 0.4) is 0 Å². The highest BCUT2D eigenvalue weighted by molar-refractivity contribution is 6.16. The summed E-state index contributed by atoms with van der Waals surface area (Å²) >= 11 is 0. The summed E-state index contributed by atoms with van der Waals surface area (Å²) < 4.78 is 7.01. The lowest BCUT2D eigenvalue weighted by Crippen LogP contribution is -3.00. The van der Waals surface area contributed by atoms with Gasteiger partial charge in [-0.25, -0.2) is 4.57 Å². The summed E-state index contributed by atoms with van der Waals surface area (Å²) in [4.78, 5) is 14.8. The Kier molecular flexibility index (Phi) is 7.71. The molecule has 0 aliphatic carbocycles. The van der Waals surface area contributed by atoms with E-state index in [4.69, 9.17) is 0 Å². The van der Waals surface area contributed by atoms with E-state index >= 15 is 0 Å². The molecule has 0 atom stereocenters. The van der Waals surface area contributed by atoms with Crippen molar-refractivity contribution in [3.05, 3.63) is 53.9 Å². The highest BCUT2D eigenvalue weighted by atomic mass is 79.9. The van der Waals surface area contributed by atoms with E-state index in [-0.39, 0.29) is 23.0 Å². The molecule has 0 amide bonds. The first kappa shape index (κ1) is 23.3. The van der Waals surface area contributed by atoms with E-state index < -0.39 is 0 Å². The molecule has 4 aromatic rings. The van der Waals surface area contributed by atoms with Gasteiger partial charge < -0.3 is 26.7 Å². The number of benzene rings is 2. The van der Waals surface area contributed by atoms with E-state index in [1.54, 1.807) is 0 Å². The molecule has 2 aromatic heterocycles. The largest absolute Gasteiger partial charge is 1.00 e. The second-order valence-corrected chi connectivity index (χ2v) is 8.27. The molecule has 5 heteroatoms. The van der Waals surface area contributed by atoms with Gasteiger partial charge >= 0.3 is 5.97 Å². The number of carbonyl (C=O) groups is 1. The van der Waals surface area contributed by atoms with Crippen molar-refractivity contribution in [3.63, 3.8) is 0 Å². The highest BCUT2D eigenvalue weighted by Gasteiger charge is 2.16. The van der Waals surface area contributed by atoms with Gasteiger partial charge in [-0.3, -0.25) is 4.79 Å². The third-order valence-electron chi connectivity index (χ3n) is 6.31. The third-order valence-corrected chi connectivity index (χ3v) is 6.31. The Morgan fingerprint density at radius 1 is 0.935 bits per heavy atom. The van der Waals surface area contributed by atoms with Gasteiger partial charge in [0.2, 0.25) is 0 Å². The maximum atomic E-state index is 11.2. The molecule has 0 fully saturated rings. The summed E-state index contributed by atoms with van der Waals surface area (Å²) in [6.07, 6.45) is 10.6. The molecule has 0 bridgehead atoms. The molecule has 0 unspecified atom stereocenters. The Labute approximate surface area is 194 Å². The minimum Gasteiger partial charge on any atom is -1.00 e. The number of hydrogen-bond donors (Lipinski definition) is 1. The summed E-state index contributed by atoms with van der Waals surface area (Å²) in [7, 11) is 1.45. The molecular formula is C26H31BrN2O2. The molecule has 0 saturated carbocycles. The number of aromatic amines is 1. The van der Waals surface area contributed by atoms with Crippen LogP contribution < -0.4 is 21.5 Å². The Morgan fingerprint density at radius 3 is 2.48 bits per heavy atom. The topological polar surface area (TPSA) is 46.0 Å². The zero-order valence-corrected chi connectivity index (χ0v) is 20.2. The number of nitrogens with one attached hydrogen (secondary N) is 1. The number of para-hydroxylation sites is 1. The zero-order chi connectivity index (χ0) is 21.1. The predicted octanol–water partition coefficient (Wildman–Crippen LogP) is 2.90. The number of fused-ring (bicyclic) bond motifs is 4. The van der Waals surface area contributed by atoms with Crippen molar-refractivity contribution in [2.75, 3.05) is 7.11 Å². The van der Waals surface area contributed by atoms with Crippen LogP contribution in [0.5, 0.6) is 0 Å². The van der Waals surface area contributed by atoms with E-state index in [2.05, 4.69) is 70.9 Å². The van der Waals surface area contributed by atoms with Gasteiger partial charge in [0, 0.05) is 40.6 Å². The van der Waals surface area contributed by atoms with Gasteiger partial charge in [0.05, 0.1) is 12.6 Å². The Bertz CT molecular complexity index is 1210. The van der Waals surface area contributed by atoms with E-state index in [1.807, 2.05) is 0 Å². The van der Waals surface area contributed by atoms with E-state index in [0.29, 0.717) is 6.42 Å². The quantitative estimate of drug-likeness (QED) is 0.238. The van der Waals surface area contributed by atoms with Gasteiger partial charge in [0.1, 0.15) is 6.54 Å². The average molecular weight is 483 g/mol. The van der Waals surface area contributed by atoms with Crippen molar-refractivity contribution in [3.8, 4) is 0 Å². The first-order valence-corrected chi connectivity index (χ1v) is 11.0. The van der Waals surface area contributed by atoms with Crippen LogP contribution >= 0.6 is 0 Å². The fraction of sp³-hybridized carbons (Fsp3) is 0.385. The summed E-state index contributed by atoms with van der Waals surface area (Å²) in [6, 6.07) is 10.8. The highest BCUT2D eigenvalue weighted by Crippen LogP contribution is 2.35. The number of methoxy groups -OCH3 is 1. The standard InChI is InChI=1S/C26H30N2O2.BrH/c1-18-22-17-28(15-10-6-4-5-7-13-24(29)30-3)16-14-20(22)19(2)26-25(18)21-11-8-9-12-23(21)27-26;/h8-9,11-12,14,16-17H,4-7,10,13,15H2,1-3H3;1H. The third kappa shape index (κ3) is 4.77. The fourth-order valence-corrected chi connectivity index (χ4v) is 4.58. The summed E-state index contributed by atoms with van der Waals surface area (Å²) in [5.74, 6) is -0.100. The van der Waals surface area contributed by atoms with Crippen molar-refractivity contribution in [1.29, 1.82) is 0 Å². The van der Waals surface area contributed by atoms with Crippen LogP contribution in [-0.4, -0.2) is 18.1 Å². The lowest BCUT2D eigenvalue weighted by atomic mass is 9.97. The smallest absolute Gasteiger partial charge is 0.305 e. The maximum absolute atomic E-state index is 11.2. The molecule has 4 rings (SSSR count). The molecule has 2 aromatic carbocycles. The molecule has 0 saturated heterocycles. The van der Waals surface area contributed by atoms with Crippen molar-refractivity contribution in [2.45, 2.75) is 58.9 Å². The van der Waals surface area contributed by atoms with Gasteiger partial charge in [-0.1, -0.05) is 31.0 Å². The van der Waals surface area contributed by atoms with Crippen LogP contribution in [0.25, 0.3) is 32.6 Å². The first-order valence-electron chi connectivity index (χ1n) is 11.0. The van der Waals surface area contributed by atoms with E-state index in [1.165, 1.54) is 63.7 Å². The number of aryl methyl sites for hydroxylation is 3. The maximum Gasteiger partial charge on any atom is 0.305 e. The fourth-order valence-electron chi connectivity index (χ4n) is 4.58. The van der Waals surface area contributed by atoms with Crippen molar-refractivity contribution >= 4 is 38.5 Å². The minimum absolute atomic E-state index is 0. The number of hydrogen-bond acceptors (Lipinski definition) is 2. The number of aromatic nitrogens is 2. The number of rotatable bonds is 8. The van der Waals surface area contributed by atoms with Crippen LogP contribution in [0.4, 0.5) is 0 Å². The molecule has 2 heterocycles. The normalized spacial score (nSPS) is 11.2. The van der Waals surface area contributed by atoms with E-state index in [9.17, 15) is 4.79 Å². The number of carbonyl (C=O) groups excluding carboxylic acids is 1. The second kappa shape index (κ2) is 10.3. The van der Waals surface area contributed by atoms with Crippen molar-refractivity contribution in [2.24, 2.45) is 0 Å². The van der Waals surface area contributed by atoms with Crippen LogP contribution in [0.1, 0.15) is 49.7 Å². The average Bonchev–Trinajstić information content (AvgIpc) is 3.16. The molecule has 164 valence electrons. The monoisotopic (exact) mass is 482 g/mol. The SMILES string of the molecule is COC(=O)CCCCCCC[n+]1ccc2c(C)c3[nH]c4ccccc4c3c(C)c2c1.[Br-]. The van der Waals surface area contributed by atoms with Crippen LogP contribution in [0.2, 0.25) is 0 Å².